The molecule has 0 amide bonds. The van der Waals surface area contributed by atoms with E-state index in [4.69, 9.17) is 0 Å². The molecule has 0 heteroatoms. The van der Waals surface area contributed by atoms with E-state index in [9.17, 15) is 0 Å². The highest BCUT2D eigenvalue weighted by Gasteiger charge is 1.58. The molecule has 0 saturated carbocycles. The van der Waals surface area contributed by atoms with Gasteiger partial charge < -0.3 is 0 Å². The lowest BCUT2D eigenvalue weighted by atomic mass is 10.4. The molecule has 8 heavy (non-hydrogen) atoms. The van der Waals surface area contributed by atoms with Crippen LogP contribution in [-0.2, 0) is 0 Å². The van der Waals surface area contributed by atoms with Crippen LogP contribution in [0.2, 0.25) is 0 Å². The van der Waals surface area contributed by atoms with Gasteiger partial charge in [-0.25, -0.2) is 0 Å². The van der Waals surface area contributed by atoms with Crippen LogP contribution in [0.25, 0.3) is 0 Å². The van der Waals surface area contributed by atoms with Crippen LogP contribution in [0.4, 0.5) is 0 Å². The summed E-state index contributed by atoms with van der Waals surface area (Å²) in [5, 5.41) is 0. The molecule has 0 radical (unpaired) electrons. The van der Waals surface area contributed by atoms with Crippen LogP contribution in [-0.4, -0.2) is 0 Å². The number of hydrogen-bond acceptors (Lipinski definition) is 0. The normalized spacial score (nSPS) is 5.12. The zero-order chi connectivity index (χ0) is 6.24. The van der Waals surface area contributed by atoms with Gasteiger partial charge in [-0.05, 0) is 18.8 Å². The summed E-state index contributed by atoms with van der Waals surface area (Å²) in [4.78, 5) is 0. The number of rotatable bonds is 1. The predicted molar refractivity (Wildman–Crippen MR) is 36.0 cm³/mol. The Balaban J connectivity index is 3.45. The van der Waals surface area contributed by atoms with Gasteiger partial charge in [0.2, 0.25) is 0 Å². The summed E-state index contributed by atoms with van der Waals surface area (Å²) in [6.07, 6.45) is 2.49. The standard InChI is InChI=1S/C8H8/c1-3-5-7-8-6-4-2/h3H,1,5H2,2H3. The van der Waals surface area contributed by atoms with E-state index < -0.39 is 0 Å². The van der Waals surface area contributed by atoms with Gasteiger partial charge in [-0.3, -0.25) is 0 Å². The molecular weight excluding hydrogens is 96.1 g/mol. The van der Waals surface area contributed by atoms with Gasteiger partial charge in [-0.2, -0.15) is 0 Å². The Kier molecular flexibility index (Phi) is 5.02. The molecule has 0 unspecified atom stereocenters. The molecule has 0 fully saturated rings. The van der Waals surface area contributed by atoms with E-state index in [0.29, 0.717) is 0 Å². The Morgan fingerprint density at radius 1 is 1.50 bits per heavy atom. The first-order valence-electron chi connectivity index (χ1n) is 2.42. The molecule has 0 aliphatic rings. The summed E-state index contributed by atoms with van der Waals surface area (Å²) in [6, 6.07) is 0. The van der Waals surface area contributed by atoms with Crippen molar-refractivity contribution in [2.75, 3.05) is 0 Å². The summed E-state index contributed by atoms with van der Waals surface area (Å²) in [7, 11) is 0. The van der Waals surface area contributed by atoms with Gasteiger partial charge in [0.05, 0.1) is 0 Å². The van der Waals surface area contributed by atoms with Crippen LogP contribution in [0.5, 0.6) is 0 Å². The van der Waals surface area contributed by atoms with Crippen molar-refractivity contribution in [2.24, 2.45) is 0 Å². The molecule has 40 valence electrons. The van der Waals surface area contributed by atoms with Crippen molar-refractivity contribution in [3.63, 3.8) is 0 Å². The first-order chi connectivity index (χ1) is 3.91. The second-order valence-corrected chi connectivity index (χ2v) is 1.17. The predicted octanol–water partition coefficient (Wildman–Crippen LogP) is 1.59. The van der Waals surface area contributed by atoms with Crippen molar-refractivity contribution in [2.45, 2.75) is 13.3 Å². The van der Waals surface area contributed by atoms with E-state index in [0.717, 1.165) is 6.42 Å². The fourth-order valence-electron chi connectivity index (χ4n) is 0.230. The second kappa shape index (κ2) is 5.86. The minimum Gasteiger partial charge on any atom is -0.102 e. The van der Waals surface area contributed by atoms with Crippen LogP contribution in [0, 0.1) is 23.7 Å². The smallest absolute Gasteiger partial charge is 0.0277 e. The first-order valence-corrected chi connectivity index (χ1v) is 2.42. The zero-order valence-corrected chi connectivity index (χ0v) is 4.99. The maximum atomic E-state index is 3.51. The minimum absolute atomic E-state index is 0.731. The molecule has 0 saturated heterocycles. The van der Waals surface area contributed by atoms with Crippen LogP contribution in [0.15, 0.2) is 12.7 Å². The summed E-state index contributed by atoms with van der Waals surface area (Å²) in [5.41, 5.74) is 0. The Hall–Kier alpha value is -1.14. The maximum Gasteiger partial charge on any atom is 0.0277 e. The average Bonchev–Trinajstić information content (AvgIpc) is 1.81. The van der Waals surface area contributed by atoms with Crippen LogP contribution >= 0.6 is 0 Å². The van der Waals surface area contributed by atoms with Gasteiger partial charge in [0.25, 0.3) is 0 Å². The third kappa shape index (κ3) is 4.86. The summed E-state index contributed by atoms with van der Waals surface area (Å²) < 4.78 is 0. The fourth-order valence-corrected chi connectivity index (χ4v) is 0.230. The lowest BCUT2D eigenvalue weighted by Gasteiger charge is -1.64. The molecule has 0 N–H and O–H groups in total. The molecule has 0 aromatic heterocycles. The molecule has 0 bridgehead atoms. The van der Waals surface area contributed by atoms with Gasteiger partial charge in [0, 0.05) is 6.42 Å². The quantitative estimate of drug-likeness (QED) is 0.350. The summed E-state index contributed by atoms with van der Waals surface area (Å²) in [6.45, 7) is 5.27. The molecule has 0 atom stereocenters. The molecule has 0 spiro atoms. The topological polar surface area (TPSA) is 0 Å². The largest absolute Gasteiger partial charge is 0.102 e. The highest BCUT2D eigenvalue weighted by atomic mass is 13.6. The SMILES string of the molecule is C=CCC#CC#CC. The van der Waals surface area contributed by atoms with Crippen molar-refractivity contribution < 1.29 is 0 Å². The van der Waals surface area contributed by atoms with Crippen LogP contribution < -0.4 is 0 Å². The molecular formula is C8H8. The third-order valence-electron chi connectivity index (χ3n) is 0.522. The Morgan fingerprint density at radius 2 is 2.25 bits per heavy atom. The maximum absolute atomic E-state index is 3.51. The number of allylic oxidation sites excluding steroid dienone is 1. The summed E-state index contributed by atoms with van der Waals surface area (Å²) in [5.74, 6) is 10.7. The zero-order valence-electron chi connectivity index (χ0n) is 4.99. The van der Waals surface area contributed by atoms with E-state index in [-0.39, 0.29) is 0 Å². The first kappa shape index (κ1) is 6.86. The van der Waals surface area contributed by atoms with Gasteiger partial charge in [0.15, 0.2) is 0 Å². The van der Waals surface area contributed by atoms with Crippen molar-refractivity contribution in [1.29, 1.82) is 0 Å². The molecule has 0 aliphatic heterocycles. The van der Waals surface area contributed by atoms with Crippen LogP contribution in [0.3, 0.4) is 0 Å². The second-order valence-electron chi connectivity index (χ2n) is 1.17. The van der Waals surface area contributed by atoms with E-state index in [2.05, 4.69) is 30.3 Å². The molecule has 0 aromatic rings. The van der Waals surface area contributed by atoms with Crippen molar-refractivity contribution in [1.82, 2.24) is 0 Å². The lowest BCUT2D eigenvalue weighted by Crippen LogP contribution is -1.53. The van der Waals surface area contributed by atoms with Gasteiger partial charge in [-0.15, -0.1) is 6.58 Å². The van der Waals surface area contributed by atoms with Gasteiger partial charge >= 0.3 is 0 Å². The van der Waals surface area contributed by atoms with Crippen LogP contribution in [0.1, 0.15) is 13.3 Å². The van der Waals surface area contributed by atoms with Gasteiger partial charge in [-0.1, -0.05) is 17.9 Å². The van der Waals surface area contributed by atoms with E-state index in [1.165, 1.54) is 0 Å². The molecule has 0 heterocycles. The highest BCUT2D eigenvalue weighted by Crippen LogP contribution is 1.70. The van der Waals surface area contributed by atoms with Crippen molar-refractivity contribution >= 4 is 0 Å². The molecule has 0 aromatic carbocycles. The van der Waals surface area contributed by atoms with Crippen molar-refractivity contribution in [3.05, 3.63) is 12.7 Å². The third-order valence-corrected chi connectivity index (χ3v) is 0.522. The molecule has 0 rings (SSSR count). The van der Waals surface area contributed by atoms with E-state index in [1.54, 1.807) is 13.0 Å². The minimum atomic E-state index is 0.731. The monoisotopic (exact) mass is 104 g/mol. The van der Waals surface area contributed by atoms with Crippen molar-refractivity contribution in [3.8, 4) is 23.7 Å². The molecule has 0 aliphatic carbocycles. The average molecular weight is 104 g/mol. The van der Waals surface area contributed by atoms with Gasteiger partial charge in [0.1, 0.15) is 0 Å². The Morgan fingerprint density at radius 3 is 2.75 bits per heavy atom. The summed E-state index contributed by atoms with van der Waals surface area (Å²) >= 11 is 0. The number of hydrogen-bond donors (Lipinski definition) is 0. The Labute approximate surface area is 50.6 Å². The molecule has 0 nitrogen and oxygen atoms in total. The fraction of sp³-hybridized carbons (Fsp3) is 0.250. The van der Waals surface area contributed by atoms with E-state index >= 15 is 0 Å². The lowest BCUT2D eigenvalue weighted by molar-refractivity contribution is 1.49. The van der Waals surface area contributed by atoms with E-state index in [1.807, 2.05) is 0 Å². The highest BCUT2D eigenvalue weighted by molar-refractivity contribution is 5.25. The Bertz CT molecular complexity index is 166.